The molecule has 0 atom stereocenters. The Hall–Kier alpha value is 0.0938. The summed E-state index contributed by atoms with van der Waals surface area (Å²) in [5, 5.41) is 0. The topological polar surface area (TPSA) is 29.5 Å². The van der Waals surface area contributed by atoms with Crippen LogP contribution >= 0.6 is 0 Å². The van der Waals surface area contributed by atoms with E-state index in [1.165, 1.54) is 0 Å². The minimum Gasteiger partial charge on any atom is -0.433 e. The molecule has 0 bridgehead atoms. The van der Waals surface area contributed by atoms with Gasteiger partial charge in [0, 0.05) is 0 Å². The van der Waals surface area contributed by atoms with Crippen LogP contribution < -0.4 is 0 Å². The first-order valence-corrected chi connectivity index (χ1v) is 9.17. The first-order chi connectivity index (χ1) is 4.27. The molecule has 2 nitrogen and oxygen atoms in total. The van der Waals surface area contributed by atoms with E-state index in [0.717, 1.165) is 0 Å². The van der Waals surface area contributed by atoms with Gasteiger partial charge in [0.1, 0.15) is 0 Å². The second-order valence-electron chi connectivity index (χ2n) is 3.36. The Bertz CT molecular complexity index is 126. The fraction of sp³-hybridized carbons (Fsp3) is 0.667. The second-order valence-corrected chi connectivity index (χ2v) is 10.7. The Morgan fingerprint density at radius 3 is 1.80 bits per heavy atom. The highest BCUT2D eigenvalue weighted by Gasteiger charge is 2.28. The van der Waals surface area contributed by atoms with E-state index in [1.54, 1.807) is 13.1 Å². The van der Waals surface area contributed by atoms with Gasteiger partial charge in [-0.25, -0.2) is 0 Å². The van der Waals surface area contributed by atoms with Crippen LogP contribution in [-0.2, 0) is 4.12 Å². The van der Waals surface area contributed by atoms with Crippen molar-refractivity contribution in [1.82, 2.24) is 0 Å². The predicted octanol–water partition coefficient (Wildman–Crippen LogP) is 1.63. The van der Waals surface area contributed by atoms with Gasteiger partial charge in [-0.05, 0) is 26.2 Å². The minimum absolute atomic E-state index is 1.74. The molecule has 0 unspecified atom stereocenters. The highest BCUT2D eigenvalue weighted by molar-refractivity contribution is 6.84. The minimum atomic E-state index is -2.32. The molecule has 0 aliphatic carbocycles. The zero-order valence-electron chi connectivity index (χ0n) is 7.14. The van der Waals surface area contributed by atoms with Gasteiger partial charge in [-0.15, -0.1) is 6.58 Å². The number of hydrogen-bond donors (Lipinski definition) is 1. The maximum absolute atomic E-state index is 9.39. The van der Waals surface area contributed by atoms with Gasteiger partial charge in [0.05, 0.1) is 0 Å². The van der Waals surface area contributed by atoms with E-state index in [9.17, 15) is 4.80 Å². The maximum atomic E-state index is 9.39. The smallest absolute Gasteiger partial charge is 0.318 e. The van der Waals surface area contributed by atoms with Crippen LogP contribution in [0, 0.1) is 0 Å². The lowest BCUT2D eigenvalue weighted by atomic mass is 11.3. The average molecular weight is 176 g/mol. The van der Waals surface area contributed by atoms with Gasteiger partial charge in [-0.2, -0.15) is 0 Å². The SMILES string of the molecule is C=C[Si](C)(C)O[Si](C)(C)O. The molecule has 0 spiro atoms. The summed E-state index contributed by atoms with van der Waals surface area (Å²) in [7, 11) is -4.06. The molecule has 60 valence electrons. The van der Waals surface area contributed by atoms with Crippen molar-refractivity contribution in [3.8, 4) is 0 Å². The summed E-state index contributed by atoms with van der Waals surface area (Å²) in [6, 6.07) is 0. The third-order valence-corrected chi connectivity index (χ3v) is 6.09. The normalized spacial score (nSPS) is 13.3. The summed E-state index contributed by atoms with van der Waals surface area (Å²) in [4.78, 5) is 9.39. The first-order valence-electron chi connectivity index (χ1n) is 3.33. The van der Waals surface area contributed by atoms with Gasteiger partial charge in [-0.3, -0.25) is 0 Å². The van der Waals surface area contributed by atoms with Gasteiger partial charge in [0.25, 0.3) is 0 Å². The van der Waals surface area contributed by atoms with Gasteiger partial charge >= 0.3 is 8.56 Å². The standard InChI is InChI=1S/C6H16O2Si2/c1-6-9(2,3)8-10(4,5)7/h6-7H,1H2,2-5H3. The Morgan fingerprint density at radius 2 is 1.70 bits per heavy atom. The largest absolute Gasteiger partial charge is 0.433 e. The summed E-state index contributed by atoms with van der Waals surface area (Å²) in [6.07, 6.45) is 0. The molecule has 0 saturated heterocycles. The van der Waals surface area contributed by atoms with Crippen molar-refractivity contribution in [3.63, 3.8) is 0 Å². The summed E-state index contributed by atoms with van der Waals surface area (Å²) >= 11 is 0. The highest BCUT2D eigenvalue weighted by Crippen LogP contribution is 2.11. The maximum Gasteiger partial charge on any atom is 0.318 e. The van der Waals surface area contributed by atoms with Crippen LogP contribution in [0.4, 0.5) is 0 Å². The molecule has 0 aliphatic rings. The van der Waals surface area contributed by atoms with Crippen LogP contribution in [0.25, 0.3) is 0 Å². The molecule has 0 aromatic rings. The van der Waals surface area contributed by atoms with E-state index < -0.39 is 16.9 Å². The molecule has 0 aromatic carbocycles. The van der Waals surface area contributed by atoms with E-state index in [0.29, 0.717) is 0 Å². The molecular weight excluding hydrogens is 160 g/mol. The van der Waals surface area contributed by atoms with E-state index in [-0.39, 0.29) is 0 Å². The number of hydrogen-bond acceptors (Lipinski definition) is 2. The van der Waals surface area contributed by atoms with Crippen molar-refractivity contribution in [3.05, 3.63) is 12.3 Å². The zero-order valence-corrected chi connectivity index (χ0v) is 9.14. The summed E-state index contributed by atoms with van der Waals surface area (Å²) in [5.41, 5.74) is 1.83. The lowest BCUT2D eigenvalue weighted by Gasteiger charge is -2.26. The summed E-state index contributed by atoms with van der Waals surface area (Å²) in [5.74, 6) is 0. The molecule has 0 rings (SSSR count). The highest BCUT2D eigenvalue weighted by atomic mass is 28.4. The molecule has 10 heavy (non-hydrogen) atoms. The molecular formula is C6H16O2Si2. The van der Waals surface area contributed by atoms with E-state index in [1.807, 2.05) is 18.8 Å². The molecule has 0 amide bonds. The van der Waals surface area contributed by atoms with Crippen LogP contribution in [0.1, 0.15) is 0 Å². The predicted molar refractivity (Wildman–Crippen MR) is 48.5 cm³/mol. The van der Waals surface area contributed by atoms with Crippen LogP contribution in [0.3, 0.4) is 0 Å². The Kier molecular flexibility index (Phi) is 3.03. The van der Waals surface area contributed by atoms with E-state index >= 15 is 0 Å². The third kappa shape index (κ3) is 4.93. The Labute approximate surface area is 64.9 Å². The van der Waals surface area contributed by atoms with E-state index in [2.05, 4.69) is 6.58 Å². The summed E-state index contributed by atoms with van der Waals surface area (Å²) in [6.45, 7) is 11.2. The molecule has 4 heteroatoms. The third-order valence-electron chi connectivity index (χ3n) is 1.00. The molecule has 0 aliphatic heterocycles. The van der Waals surface area contributed by atoms with Crippen LogP contribution in [0.2, 0.25) is 26.2 Å². The molecule has 0 radical (unpaired) electrons. The van der Waals surface area contributed by atoms with Gasteiger partial charge < -0.3 is 8.91 Å². The zero-order chi connectivity index (χ0) is 8.41. The van der Waals surface area contributed by atoms with Crippen molar-refractivity contribution in [2.45, 2.75) is 26.2 Å². The second kappa shape index (κ2) is 3.00. The van der Waals surface area contributed by atoms with Gasteiger partial charge in [0.2, 0.25) is 0 Å². The molecule has 1 N–H and O–H groups in total. The quantitative estimate of drug-likeness (QED) is 0.662. The van der Waals surface area contributed by atoms with Crippen molar-refractivity contribution in [1.29, 1.82) is 0 Å². The molecule has 0 saturated carbocycles. The summed E-state index contributed by atoms with van der Waals surface area (Å²) < 4.78 is 5.49. The van der Waals surface area contributed by atoms with Crippen LogP contribution in [0.5, 0.6) is 0 Å². The molecule has 0 fully saturated rings. The monoisotopic (exact) mass is 176 g/mol. The fourth-order valence-corrected chi connectivity index (χ4v) is 6.17. The van der Waals surface area contributed by atoms with Crippen molar-refractivity contribution in [2.24, 2.45) is 0 Å². The van der Waals surface area contributed by atoms with Gasteiger partial charge in [-0.1, -0.05) is 5.70 Å². The van der Waals surface area contributed by atoms with Crippen molar-refractivity contribution >= 4 is 16.9 Å². The number of rotatable bonds is 3. The fourth-order valence-electron chi connectivity index (χ4n) is 0.685. The van der Waals surface area contributed by atoms with E-state index in [4.69, 9.17) is 4.12 Å². The Morgan fingerprint density at radius 1 is 1.30 bits per heavy atom. The average Bonchev–Trinajstić information content (AvgIpc) is 1.60. The molecule has 0 aromatic heterocycles. The van der Waals surface area contributed by atoms with Crippen molar-refractivity contribution < 1.29 is 8.91 Å². The molecule has 0 heterocycles. The van der Waals surface area contributed by atoms with Crippen molar-refractivity contribution in [2.75, 3.05) is 0 Å². The first kappa shape index (κ1) is 10.1. The lowest BCUT2D eigenvalue weighted by molar-refractivity contribution is 0.391. The Balaban J connectivity index is 4.01. The van der Waals surface area contributed by atoms with Crippen LogP contribution in [0.15, 0.2) is 12.3 Å². The van der Waals surface area contributed by atoms with Gasteiger partial charge in [0.15, 0.2) is 8.32 Å². The lowest BCUT2D eigenvalue weighted by Crippen LogP contribution is -2.43. The van der Waals surface area contributed by atoms with Crippen LogP contribution in [-0.4, -0.2) is 21.7 Å².